The second-order valence-electron chi connectivity index (χ2n) is 4.52. The highest BCUT2D eigenvalue weighted by Crippen LogP contribution is 2.09. The number of carbonyl (C=O) groups excluding carboxylic acids is 1. The van der Waals surface area contributed by atoms with Gasteiger partial charge in [-0.2, -0.15) is 0 Å². The summed E-state index contributed by atoms with van der Waals surface area (Å²) in [5.41, 5.74) is 1.19. The van der Waals surface area contributed by atoms with Gasteiger partial charge in [0.15, 0.2) is 0 Å². The van der Waals surface area contributed by atoms with Crippen LogP contribution in [0.3, 0.4) is 0 Å². The largest absolute Gasteiger partial charge is 0.478 e. The van der Waals surface area contributed by atoms with Gasteiger partial charge in [-0.15, -0.1) is 6.42 Å². The molecule has 0 fully saturated rings. The molecule has 1 unspecified atom stereocenters. The van der Waals surface area contributed by atoms with E-state index in [2.05, 4.69) is 11.2 Å². The second kappa shape index (κ2) is 7.31. The zero-order valence-electron chi connectivity index (χ0n) is 11.6. The van der Waals surface area contributed by atoms with E-state index in [0.29, 0.717) is 6.54 Å². The summed E-state index contributed by atoms with van der Waals surface area (Å²) in [4.78, 5) is 24.4. The summed E-state index contributed by atoms with van der Waals surface area (Å²) in [6.07, 6.45) is 5.09. The van der Waals surface area contributed by atoms with Crippen LogP contribution in [0.5, 0.6) is 0 Å². The van der Waals surface area contributed by atoms with Crippen molar-refractivity contribution in [1.82, 2.24) is 10.2 Å². The van der Waals surface area contributed by atoms with Crippen LogP contribution in [0.4, 0.5) is 0 Å². The Morgan fingerprint density at radius 3 is 2.50 bits per heavy atom. The Morgan fingerprint density at radius 2 is 2.00 bits per heavy atom. The van der Waals surface area contributed by atoms with Crippen LogP contribution in [0, 0.1) is 12.3 Å². The maximum atomic E-state index is 11.8. The van der Waals surface area contributed by atoms with Crippen molar-refractivity contribution in [2.75, 3.05) is 13.6 Å². The van der Waals surface area contributed by atoms with Crippen LogP contribution in [0.2, 0.25) is 0 Å². The molecule has 0 saturated carbocycles. The van der Waals surface area contributed by atoms with Gasteiger partial charge in [-0.3, -0.25) is 9.69 Å². The molecule has 0 radical (unpaired) electrons. The molecule has 106 valence electrons. The summed E-state index contributed by atoms with van der Waals surface area (Å²) < 4.78 is 0. The minimum absolute atomic E-state index is 0.132. The molecule has 0 aliphatic carbocycles. The number of benzene rings is 1. The maximum Gasteiger partial charge on any atom is 0.335 e. The molecule has 0 saturated heterocycles. The molecule has 0 aliphatic rings. The van der Waals surface area contributed by atoms with Crippen molar-refractivity contribution in [3.8, 4) is 12.3 Å². The lowest BCUT2D eigenvalue weighted by Gasteiger charge is -2.23. The smallest absolute Gasteiger partial charge is 0.335 e. The van der Waals surface area contributed by atoms with Gasteiger partial charge in [-0.05, 0) is 31.7 Å². The summed E-state index contributed by atoms with van der Waals surface area (Å²) in [5, 5.41) is 11.4. The first-order valence-corrected chi connectivity index (χ1v) is 6.19. The molecule has 0 aliphatic heterocycles. The highest BCUT2D eigenvalue weighted by atomic mass is 16.4. The molecule has 0 heterocycles. The highest BCUT2D eigenvalue weighted by molar-refractivity contribution is 5.87. The van der Waals surface area contributed by atoms with E-state index in [-0.39, 0.29) is 24.1 Å². The molecule has 1 aromatic carbocycles. The molecule has 0 aromatic heterocycles. The number of carbonyl (C=O) groups is 2. The predicted molar refractivity (Wildman–Crippen MR) is 76.2 cm³/mol. The van der Waals surface area contributed by atoms with Crippen LogP contribution in [0.25, 0.3) is 0 Å². The van der Waals surface area contributed by atoms with E-state index in [9.17, 15) is 9.59 Å². The van der Waals surface area contributed by atoms with Gasteiger partial charge in [0.05, 0.1) is 18.2 Å². The minimum Gasteiger partial charge on any atom is -0.478 e. The Balaban J connectivity index is 2.61. The quantitative estimate of drug-likeness (QED) is 0.758. The van der Waals surface area contributed by atoms with Crippen LogP contribution in [-0.4, -0.2) is 41.5 Å². The topological polar surface area (TPSA) is 69.6 Å². The lowest BCUT2D eigenvalue weighted by Crippen LogP contribution is -2.42. The standard InChI is InChI=1S/C15H18N2O3/c1-4-9-16-14(18)11(2)17(3)10-12-5-7-13(8-6-12)15(19)20/h1,5-8,11H,9-10H2,2-3H3,(H,16,18)(H,19,20). The monoisotopic (exact) mass is 274 g/mol. The molecule has 1 amide bonds. The van der Waals surface area contributed by atoms with Gasteiger partial charge >= 0.3 is 5.97 Å². The Morgan fingerprint density at radius 1 is 1.40 bits per heavy atom. The zero-order valence-corrected chi connectivity index (χ0v) is 11.6. The van der Waals surface area contributed by atoms with Gasteiger partial charge in [-0.25, -0.2) is 4.79 Å². The van der Waals surface area contributed by atoms with Crippen LogP contribution >= 0.6 is 0 Å². The number of aromatic carboxylic acids is 1. The fourth-order valence-corrected chi connectivity index (χ4v) is 1.66. The first kappa shape index (κ1) is 15.7. The van der Waals surface area contributed by atoms with E-state index >= 15 is 0 Å². The van der Waals surface area contributed by atoms with E-state index in [1.807, 2.05) is 11.9 Å². The molecular weight excluding hydrogens is 256 g/mol. The molecule has 5 nitrogen and oxygen atoms in total. The highest BCUT2D eigenvalue weighted by Gasteiger charge is 2.17. The lowest BCUT2D eigenvalue weighted by atomic mass is 10.1. The van der Waals surface area contributed by atoms with Gasteiger partial charge in [0.25, 0.3) is 0 Å². The fourth-order valence-electron chi connectivity index (χ4n) is 1.66. The number of carboxylic acids is 1. The maximum absolute atomic E-state index is 11.8. The third kappa shape index (κ3) is 4.41. The third-order valence-electron chi connectivity index (χ3n) is 3.04. The first-order chi connectivity index (χ1) is 9.45. The zero-order chi connectivity index (χ0) is 15.1. The van der Waals surface area contributed by atoms with Crippen LogP contribution in [0.15, 0.2) is 24.3 Å². The second-order valence-corrected chi connectivity index (χ2v) is 4.52. The van der Waals surface area contributed by atoms with Crippen LogP contribution in [-0.2, 0) is 11.3 Å². The van der Waals surface area contributed by atoms with Crippen LogP contribution < -0.4 is 5.32 Å². The molecule has 20 heavy (non-hydrogen) atoms. The van der Waals surface area contributed by atoms with Gasteiger partial charge in [0.2, 0.25) is 5.91 Å². The number of carboxylic acid groups (broad SMARTS) is 1. The molecule has 0 bridgehead atoms. The number of likely N-dealkylation sites (N-methyl/N-ethyl adjacent to an activating group) is 1. The van der Waals surface area contributed by atoms with E-state index < -0.39 is 5.97 Å². The van der Waals surface area contributed by atoms with Crippen molar-refractivity contribution in [3.05, 3.63) is 35.4 Å². The molecule has 1 aromatic rings. The van der Waals surface area contributed by atoms with Crippen molar-refractivity contribution in [2.24, 2.45) is 0 Å². The summed E-state index contributed by atoms with van der Waals surface area (Å²) >= 11 is 0. The van der Waals surface area contributed by atoms with Crippen molar-refractivity contribution in [2.45, 2.75) is 19.5 Å². The van der Waals surface area contributed by atoms with Crippen molar-refractivity contribution < 1.29 is 14.7 Å². The first-order valence-electron chi connectivity index (χ1n) is 6.19. The van der Waals surface area contributed by atoms with Gasteiger partial charge in [-0.1, -0.05) is 18.1 Å². The molecule has 2 N–H and O–H groups in total. The Kier molecular flexibility index (Phi) is 5.75. The molecular formula is C15H18N2O3. The average Bonchev–Trinajstić information content (AvgIpc) is 2.44. The summed E-state index contributed by atoms with van der Waals surface area (Å²) in [7, 11) is 1.82. The number of nitrogens with one attached hydrogen (secondary N) is 1. The third-order valence-corrected chi connectivity index (χ3v) is 3.04. The van der Waals surface area contributed by atoms with Gasteiger partial charge in [0.1, 0.15) is 0 Å². The molecule has 1 rings (SSSR count). The van der Waals surface area contributed by atoms with E-state index in [0.717, 1.165) is 5.56 Å². The molecule has 1 atom stereocenters. The number of hydrogen-bond donors (Lipinski definition) is 2. The average molecular weight is 274 g/mol. The molecule has 0 spiro atoms. The summed E-state index contributed by atoms with van der Waals surface area (Å²) in [6.45, 7) is 2.55. The van der Waals surface area contributed by atoms with E-state index in [1.54, 1.807) is 31.2 Å². The van der Waals surface area contributed by atoms with Crippen molar-refractivity contribution in [3.63, 3.8) is 0 Å². The molecule has 5 heteroatoms. The number of nitrogens with zero attached hydrogens (tertiary/aromatic N) is 1. The van der Waals surface area contributed by atoms with Gasteiger partial charge in [0, 0.05) is 6.54 Å². The van der Waals surface area contributed by atoms with E-state index in [4.69, 9.17) is 11.5 Å². The SMILES string of the molecule is C#CCNC(=O)C(C)N(C)Cc1ccc(C(=O)O)cc1. The number of amides is 1. The number of hydrogen-bond acceptors (Lipinski definition) is 3. The Bertz CT molecular complexity index is 517. The van der Waals surface area contributed by atoms with Crippen LogP contribution in [0.1, 0.15) is 22.8 Å². The fraction of sp³-hybridized carbons (Fsp3) is 0.333. The van der Waals surface area contributed by atoms with Crippen molar-refractivity contribution >= 4 is 11.9 Å². The lowest BCUT2D eigenvalue weighted by molar-refractivity contribution is -0.125. The summed E-state index contributed by atoms with van der Waals surface area (Å²) in [5.74, 6) is 1.27. The number of rotatable bonds is 6. The summed E-state index contributed by atoms with van der Waals surface area (Å²) in [6, 6.07) is 6.27. The number of terminal acetylenes is 1. The predicted octanol–water partition coefficient (Wildman–Crippen LogP) is 0.954. The normalized spacial score (nSPS) is 11.7. The van der Waals surface area contributed by atoms with E-state index in [1.165, 1.54) is 0 Å². The van der Waals surface area contributed by atoms with Crippen molar-refractivity contribution in [1.29, 1.82) is 0 Å². The van der Waals surface area contributed by atoms with Gasteiger partial charge < -0.3 is 10.4 Å². The Hall–Kier alpha value is -2.32. The Labute approximate surface area is 118 Å². The minimum atomic E-state index is -0.952.